The molecule has 1 unspecified atom stereocenters. The number of aromatic nitrogens is 2. The van der Waals surface area contributed by atoms with Crippen molar-refractivity contribution in [3.8, 4) is 5.75 Å². The van der Waals surface area contributed by atoms with Crippen LogP contribution in [0.5, 0.6) is 5.75 Å². The Morgan fingerprint density at radius 3 is 2.47 bits per heavy atom. The second kappa shape index (κ2) is 10.2. The number of ketones is 1. The van der Waals surface area contributed by atoms with Crippen molar-refractivity contribution >= 4 is 28.9 Å². The first-order valence-electron chi connectivity index (χ1n) is 13.0. The number of carbonyl (C=O) groups is 1. The van der Waals surface area contributed by atoms with Gasteiger partial charge in [0.2, 0.25) is 5.95 Å². The molecule has 0 radical (unpaired) electrons. The van der Waals surface area contributed by atoms with Crippen molar-refractivity contribution in [1.82, 2.24) is 9.97 Å². The van der Waals surface area contributed by atoms with Gasteiger partial charge in [-0.3, -0.25) is 4.79 Å². The molecule has 0 saturated carbocycles. The number of anilines is 4. The van der Waals surface area contributed by atoms with Gasteiger partial charge in [-0.25, -0.2) is 4.98 Å². The van der Waals surface area contributed by atoms with Crippen molar-refractivity contribution in [3.63, 3.8) is 0 Å². The zero-order valence-electron chi connectivity index (χ0n) is 21.7. The van der Waals surface area contributed by atoms with Crippen LogP contribution in [0.4, 0.5) is 23.1 Å². The molecular formula is C30H31N5O3. The first kappa shape index (κ1) is 24.0. The Morgan fingerprint density at radius 1 is 0.947 bits per heavy atom. The normalized spacial score (nSPS) is 17.3. The maximum Gasteiger partial charge on any atom is 0.227 e. The van der Waals surface area contributed by atoms with Gasteiger partial charge in [-0.05, 0) is 43.3 Å². The van der Waals surface area contributed by atoms with Gasteiger partial charge in [0.15, 0.2) is 5.78 Å². The van der Waals surface area contributed by atoms with Gasteiger partial charge < -0.3 is 24.3 Å². The summed E-state index contributed by atoms with van der Waals surface area (Å²) in [5.74, 6) is 2.92. The zero-order chi connectivity index (χ0) is 26.1. The monoisotopic (exact) mass is 509 g/mol. The highest BCUT2D eigenvalue weighted by molar-refractivity contribution is 6.03. The lowest BCUT2D eigenvalue weighted by Gasteiger charge is -2.36. The second-order valence-corrected chi connectivity index (χ2v) is 9.90. The summed E-state index contributed by atoms with van der Waals surface area (Å²) in [5, 5.41) is 3.42. The van der Waals surface area contributed by atoms with Crippen LogP contribution in [0.3, 0.4) is 0 Å². The van der Waals surface area contributed by atoms with E-state index < -0.39 is 0 Å². The maximum absolute atomic E-state index is 13.4. The van der Waals surface area contributed by atoms with Gasteiger partial charge in [0, 0.05) is 62.4 Å². The summed E-state index contributed by atoms with van der Waals surface area (Å²) < 4.78 is 11.1. The molecule has 1 saturated heterocycles. The van der Waals surface area contributed by atoms with Crippen molar-refractivity contribution in [2.75, 3.05) is 48.4 Å². The molecular weight excluding hydrogens is 478 g/mol. The smallest absolute Gasteiger partial charge is 0.227 e. The van der Waals surface area contributed by atoms with Crippen molar-refractivity contribution in [3.05, 3.63) is 89.5 Å². The van der Waals surface area contributed by atoms with E-state index in [1.807, 2.05) is 48.5 Å². The number of hydrogen-bond acceptors (Lipinski definition) is 8. The fourth-order valence-corrected chi connectivity index (χ4v) is 5.27. The molecule has 0 amide bonds. The van der Waals surface area contributed by atoms with Crippen LogP contribution in [0.2, 0.25) is 0 Å². The second-order valence-electron chi connectivity index (χ2n) is 9.90. The van der Waals surface area contributed by atoms with E-state index in [1.54, 1.807) is 13.4 Å². The van der Waals surface area contributed by atoms with Gasteiger partial charge >= 0.3 is 0 Å². The fraction of sp³-hybridized carbons (Fsp3) is 0.300. The Bertz CT molecular complexity index is 1430. The minimum atomic E-state index is -0.0233. The SMILES string of the molecule is COc1cccc(N2CCN(c3nc4c(c(Nc5ccc(C)cc5)n3)C(=O)CC(c3ccco3)C4)CC2)c1. The Kier molecular flexibility index (Phi) is 6.45. The van der Waals surface area contributed by atoms with E-state index in [0.717, 1.165) is 54.8 Å². The molecule has 1 fully saturated rings. The number of methoxy groups -OCH3 is 1. The molecule has 38 heavy (non-hydrogen) atoms. The number of piperazine rings is 1. The zero-order valence-corrected chi connectivity index (χ0v) is 21.7. The van der Waals surface area contributed by atoms with Gasteiger partial charge in [-0.1, -0.05) is 23.8 Å². The molecule has 3 heterocycles. The first-order chi connectivity index (χ1) is 18.6. The molecule has 1 aliphatic carbocycles. The van der Waals surface area contributed by atoms with Gasteiger partial charge in [0.05, 0.1) is 24.6 Å². The van der Waals surface area contributed by atoms with Gasteiger partial charge in [-0.15, -0.1) is 0 Å². The lowest BCUT2D eigenvalue weighted by molar-refractivity contribution is 0.0959. The number of nitrogens with one attached hydrogen (secondary N) is 1. The summed E-state index contributed by atoms with van der Waals surface area (Å²) in [6.45, 7) is 5.27. The lowest BCUT2D eigenvalue weighted by atomic mass is 9.84. The molecule has 0 bridgehead atoms. The number of Topliss-reactive ketones (excluding diaryl/α,β-unsaturated/α-hetero) is 1. The summed E-state index contributed by atoms with van der Waals surface area (Å²) in [4.78, 5) is 27.8. The van der Waals surface area contributed by atoms with E-state index in [9.17, 15) is 4.79 Å². The minimum absolute atomic E-state index is 0.0233. The number of benzene rings is 2. The predicted molar refractivity (Wildman–Crippen MR) is 148 cm³/mol. The number of hydrogen-bond donors (Lipinski definition) is 1. The highest BCUT2D eigenvalue weighted by Gasteiger charge is 2.33. The molecule has 6 rings (SSSR count). The van der Waals surface area contributed by atoms with Crippen LogP contribution in [-0.4, -0.2) is 49.0 Å². The van der Waals surface area contributed by atoms with E-state index in [0.29, 0.717) is 30.2 Å². The molecule has 1 N–H and O–H groups in total. The Hall–Kier alpha value is -4.33. The van der Waals surface area contributed by atoms with Crippen molar-refractivity contribution in [2.45, 2.75) is 25.7 Å². The summed E-state index contributed by atoms with van der Waals surface area (Å²) in [7, 11) is 1.69. The first-order valence-corrected chi connectivity index (χ1v) is 13.0. The van der Waals surface area contributed by atoms with Crippen LogP contribution in [0.25, 0.3) is 0 Å². The van der Waals surface area contributed by atoms with E-state index in [4.69, 9.17) is 19.1 Å². The van der Waals surface area contributed by atoms with Crippen molar-refractivity contribution in [1.29, 1.82) is 0 Å². The number of nitrogens with zero attached hydrogens (tertiary/aromatic N) is 4. The third-order valence-corrected chi connectivity index (χ3v) is 7.36. The predicted octanol–water partition coefficient (Wildman–Crippen LogP) is 5.37. The molecule has 2 aromatic heterocycles. The third kappa shape index (κ3) is 4.81. The number of furan rings is 1. The van der Waals surface area contributed by atoms with Crippen molar-refractivity contribution < 1.29 is 13.9 Å². The molecule has 8 heteroatoms. The lowest BCUT2D eigenvalue weighted by Crippen LogP contribution is -2.47. The summed E-state index contributed by atoms with van der Waals surface area (Å²) in [6.07, 6.45) is 2.67. The van der Waals surface area contributed by atoms with Crippen LogP contribution < -0.4 is 19.9 Å². The fourth-order valence-electron chi connectivity index (χ4n) is 5.27. The molecule has 8 nitrogen and oxygen atoms in total. The number of ether oxygens (including phenoxy) is 1. The van der Waals surface area contributed by atoms with Gasteiger partial charge in [0.1, 0.15) is 17.3 Å². The number of fused-ring (bicyclic) bond motifs is 1. The van der Waals surface area contributed by atoms with E-state index in [1.165, 1.54) is 5.56 Å². The average Bonchev–Trinajstić information content (AvgIpc) is 3.49. The third-order valence-electron chi connectivity index (χ3n) is 7.36. The van der Waals surface area contributed by atoms with E-state index >= 15 is 0 Å². The Balaban J connectivity index is 1.30. The van der Waals surface area contributed by atoms with Gasteiger partial charge in [0.25, 0.3) is 0 Å². The van der Waals surface area contributed by atoms with Crippen LogP contribution in [0.15, 0.2) is 71.3 Å². The van der Waals surface area contributed by atoms with Crippen LogP contribution in [-0.2, 0) is 6.42 Å². The molecule has 2 aliphatic rings. The van der Waals surface area contributed by atoms with E-state index in [-0.39, 0.29) is 11.7 Å². The highest BCUT2D eigenvalue weighted by Crippen LogP contribution is 2.37. The summed E-state index contributed by atoms with van der Waals surface area (Å²) in [6, 6.07) is 20.1. The number of aryl methyl sites for hydroxylation is 1. The van der Waals surface area contributed by atoms with E-state index in [2.05, 4.69) is 34.2 Å². The quantitative estimate of drug-likeness (QED) is 0.371. The molecule has 4 aromatic rings. The van der Waals surface area contributed by atoms with Crippen LogP contribution in [0, 0.1) is 6.92 Å². The standard InChI is InChI=1S/C30H31N5O3/c1-20-8-10-22(11-9-20)31-29-28-25(17-21(18-26(28)36)27-7-4-16-38-27)32-30(33-29)35-14-12-34(13-15-35)23-5-3-6-24(19-23)37-2/h3-11,16,19,21H,12-15,17-18H2,1-2H3,(H,31,32,33). The number of carbonyl (C=O) groups excluding carboxylic acids is 1. The molecule has 2 aromatic carbocycles. The highest BCUT2D eigenvalue weighted by atomic mass is 16.5. The summed E-state index contributed by atoms with van der Waals surface area (Å²) in [5.41, 5.74) is 4.58. The largest absolute Gasteiger partial charge is 0.497 e. The minimum Gasteiger partial charge on any atom is -0.497 e. The molecule has 1 aliphatic heterocycles. The molecule has 1 atom stereocenters. The van der Waals surface area contributed by atoms with Crippen molar-refractivity contribution in [2.24, 2.45) is 0 Å². The molecule has 0 spiro atoms. The topological polar surface area (TPSA) is 83.7 Å². The van der Waals surface area contributed by atoms with Crippen LogP contribution in [0.1, 0.15) is 39.7 Å². The average molecular weight is 510 g/mol. The molecule has 194 valence electrons. The maximum atomic E-state index is 13.4. The Labute approximate surface area is 222 Å². The van der Waals surface area contributed by atoms with Crippen LogP contribution >= 0.6 is 0 Å². The Morgan fingerprint density at radius 2 is 1.74 bits per heavy atom. The van der Waals surface area contributed by atoms with Gasteiger partial charge in [-0.2, -0.15) is 4.98 Å². The number of rotatable bonds is 6. The summed E-state index contributed by atoms with van der Waals surface area (Å²) >= 11 is 0.